The van der Waals surface area contributed by atoms with E-state index < -0.39 is 0 Å². The highest BCUT2D eigenvalue weighted by Gasteiger charge is 2.30. The van der Waals surface area contributed by atoms with E-state index in [-0.39, 0.29) is 5.60 Å². The van der Waals surface area contributed by atoms with E-state index >= 15 is 0 Å². The van der Waals surface area contributed by atoms with Crippen LogP contribution < -0.4 is 0 Å². The molecule has 0 radical (unpaired) electrons. The molecule has 0 spiro atoms. The SMILES string of the molecule is CC1(C)CCC(CCCO)O1. The fourth-order valence-corrected chi connectivity index (χ4v) is 1.60. The van der Waals surface area contributed by atoms with E-state index in [0.717, 1.165) is 25.7 Å². The topological polar surface area (TPSA) is 29.5 Å². The zero-order valence-electron chi connectivity index (χ0n) is 7.47. The van der Waals surface area contributed by atoms with Crippen LogP contribution in [-0.2, 0) is 4.74 Å². The van der Waals surface area contributed by atoms with Gasteiger partial charge in [-0.1, -0.05) is 0 Å². The Morgan fingerprint density at radius 2 is 2.27 bits per heavy atom. The van der Waals surface area contributed by atoms with Crippen molar-refractivity contribution in [3.63, 3.8) is 0 Å². The van der Waals surface area contributed by atoms with E-state index in [4.69, 9.17) is 9.84 Å². The van der Waals surface area contributed by atoms with Crippen molar-refractivity contribution in [2.45, 2.75) is 51.2 Å². The molecular weight excluding hydrogens is 140 g/mol. The van der Waals surface area contributed by atoms with Gasteiger partial charge >= 0.3 is 0 Å². The Labute approximate surface area is 68.6 Å². The number of aliphatic hydroxyl groups is 1. The second kappa shape index (κ2) is 3.55. The molecule has 1 heterocycles. The van der Waals surface area contributed by atoms with Gasteiger partial charge in [-0.25, -0.2) is 0 Å². The first-order valence-corrected chi connectivity index (χ1v) is 4.43. The smallest absolute Gasteiger partial charge is 0.0631 e. The minimum atomic E-state index is 0.0835. The van der Waals surface area contributed by atoms with Crippen LogP contribution >= 0.6 is 0 Å². The van der Waals surface area contributed by atoms with Gasteiger partial charge in [0.15, 0.2) is 0 Å². The van der Waals surface area contributed by atoms with E-state index in [1.807, 2.05) is 0 Å². The molecule has 2 nitrogen and oxygen atoms in total. The lowest BCUT2D eigenvalue weighted by Gasteiger charge is -2.18. The Bertz CT molecular complexity index is 121. The van der Waals surface area contributed by atoms with E-state index in [9.17, 15) is 0 Å². The van der Waals surface area contributed by atoms with Crippen molar-refractivity contribution in [2.24, 2.45) is 0 Å². The lowest BCUT2D eigenvalue weighted by atomic mass is 10.0. The molecule has 1 fully saturated rings. The fourth-order valence-electron chi connectivity index (χ4n) is 1.60. The molecule has 0 aromatic carbocycles. The van der Waals surface area contributed by atoms with Crippen molar-refractivity contribution >= 4 is 0 Å². The molecular formula is C9H18O2. The summed E-state index contributed by atoms with van der Waals surface area (Å²) < 4.78 is 5.74. The number of ether oxygens (including phenoxy) is 1. The number of hydrogen-bond donors (Lipinski definition) is 1. The van der Waals surface area contributed by atoms with Gasteiger partial charge in [-0.15, -0.1) is 0 Å². The third kappa shape index (κ3) is 2.80. The average Bonchev–Trinajstić information content (AvgIpc) is 2.26. The molecule has 0 aromatic rings. The number of hydrogen-bond acceptors (Lipinski definition) is 2. The second-order valence-corrected chi connectivity index (χ2v) is 3.90. The molecule has 0 aliphatic carbocycles. The van der Waals surface area contributed by atoms with E-state index in [1.165, 1.54) is 0 Å². The molecule has 1 rings (SSSR count). The third-order valence-corrected chi connectivity index (χ3v) is 2.24. The number of rotatable bonds is 3. The van der Waals surface area contributed by atoms with Crippen LogP contribution in [0.4, 0.5) is 0 Å². The molecule has 0 bridgehead atoms. The van der Waals surface area contributed by atoms with Gasteiger partial charge in [0.1, 0.15) is 0 Å². The van der Waals surface area contributed by atoms with Crippen LogP contribution in [0.25, 0.3) is 0 Å². The van der Waals surface area contributed by atoms with Crippen molar-refractivity contribution < 1.29 is 9.84 Å². The first-order chi connectivity index (χ1) is 5.14. The van der Waals surface area contributed by atoms with Crippen molar-refractivity contribution in [3.05, 3.63) is 0 Å². The monoisotopic (exact) mass is 158 g/mol. The Hall–Kier alpha value is -0.0800. The summed E-state index contributed by atoms with van der Waals surface area (Å²) in [5.41, 5.74) is 0.0835. The van der Waals surface area contributed by atoms with Crippen LogP contribution in [0.15, 0.2) is 0 Å². The van der Waals surface area contributed by atoms with Crippen LogP contribution in [0.3, 0.4) is 0 Å². The lowest BCUT2D eigenvalue weighted by Crippen LogP contribution is -2.19. The first kappa shape index (κ1) is 9.01. The van der Waals surface area contributed by atoms with Gasteiger partial charge in [-0.05, 0) is 39.5 Å². The zero-order valence-corrected chi connectivity index (χ0v) is 7.47. The summed E-state index contributed by atoms with van der Waals surface area (Å²) in [4.78, 5) is 0. The molecule has 66 valence electrons. The summed E-state index contributed by atoms with van der Waals surface area (Å²) in [5.74, 6) is 0. The Kier molecular flexibility index (Phi) is 2.90. The molecule has 0 amide bonds. The first-order valence-electron chi connectivity index (χ1n) is 4.43. The second-order valence-electron chi connectivity index (χ2n) is 3.90. The summed E-state index contributed by atoms with van der Waals surface area (Å²) in [6.45, 7) is 4.55. The molecule has 1 N–H and O–H groups in total. The molecule has 0 aromatic heterocycles. The van der Waals surface area contributed by atoms with Crippen molar-refractivity contribution in [2.75, 3.05) is 6.61 Å². The molecule has 1 atom stereocenters. The van der Waals surface area contributed by atoms with Gasteiger partial charge in [0.2, 0.25) is 0 Å². The standard InChI is InChI=1S/C9H18O2/c1-9(2)6-5-8(11-9)4-3-7-10/h8,10H,3-7H2,1-2H3. The van der Waals surface area contributed by atoms with Crippen LogP contribution in [-0.4, -0.2) is 23.4 Å². The molecule has 11 heavy (non-hydrogen) atoms. The summed E-state index contributed by atoms with van der Waals surface area (Å²) in [6.07, 6.45) is 4.61. The normalized spacial score (nSPS) is 29.2. The Morgan fingerprint density at radius 1 is 1.55 bits per heavy atom. The average molecular weight is 158 g/mol. The van der Waals surface area contributed by atoms with Gasteiger partial charge in [0, 0.05) is 6.61 Å². The molecule has 0 saturated carbocycles. The number of aliphatic hydroxyl groups excluding tert-OH is 1. The highest BCUT2D eigenvalue weighted by atomic mass is 16.5. The van der Waals surface area contributed by atoms with Gasteiger partial charge in [0.05, 0.1) is 11.7 Å². The van der Waals surface area contributed by atoms with Crippen LogP contribution in [0, 0.1) is 0 Å². The minimum Gasteiger partial charge on any atom is -0.396 e. The highest BCUT2D eigenvalue weighted by Crippen LogP contribution is 2.31. The molecule has 1 unspecified atom stereocenters. The molecule has 1 aliphatic heterocycles. The highest BCUT2D eigenvalue weighted by molar-refractivity contribution is 4.80. The van der Waals surface area contributed by atoms with Crippen molar-refractivity contribution in [1.82, 2.24) is 0 Å². The zero-order chi connectivity index (χ0) is 8.32. The van der Waals surface area contributed by atoms with Crippen molar-refractivity contribution in [3.8, 4) is 0 Å². The lowest BCUT2D eigenvalue weighted by molar-refractivity contribution is -0.0203. The Balaban J connectivity index is 2.20. The largest absolute Gasteiger partial charge is 0.396 e. The predicted molar refractivity (Wildman–Crippen MR) is 44.5 cm³/mol. The van der Waals surface area contributed by atoms with E-state index in [1.54, 1.807) is 0 Å². The van der Waals surface area contributed by atoms with Crippen LogP contribution in [0.2, 0.25) is 0 Å². The predicted octanol–water partition coefficient (Wildman–Crippen LogP) is 1.72. The quantitative estimate of drug-likeness (QED) is 0.677. The van der Waals surface area contributed by atoms with Gasteiger partial charge in [-0.2, -0.15) is 0 Å². The fraction of sp³-hybridized carbons (Fsp3) is 1.00. The summed E-state index contributed by atoms with van der Waals surface area (Å²) >= 11 is 0. The summed E-state index contributed by atoms with van der Waals surface area (Å²) in [6, 6.07) is 0. The summed E-state index contributed by atoms with van der Waals surface area (Å²) in [7, 11) is 0. The van der Waals surface area contributed by atoms with Gasteiger partial charge in [-0.3, -0.25) is 0 Å². The minimum absolute atomic E-state index is 0.0835. The van der Waals surface area contributed by atoms with E-state index in [2.05, 4.69) is 13.8 Å². The summed E-state index contributed by atoms with van der Waals surface area (Å²) in [5, 5.41) is 8.60. The maximum Gasteiger partial charge on any atom is 0.0631 e. The van der Waals surface area contributed by atoms with E-state index in [0.29, 0.717) is 12.7 Å². The maximum absolute atomic E-state index is 8.60. The molecule has 2 heteroatoms. The van der Waals surface area contributed by atoms with Gasteiger partial charge in [0.25, 0.3) is 0 Å². The molecule has 1 aliphatic rings. The third-order valence-electron chi connectivity index (χ3n) is 2.24. The maximum atomic E-state index is 8.60. The van der Waals surface area contributed by atoms with Crippen LogP contribution in [0.5, 0.6) is 0 Å². The van der Waals surface area contributed by atoms with Crippen LogP contribution in [0.1, 0.15) is 39.5 Å². The van der Waals surface area contributed by atoms with Gasteiger partial charge < -0.3 is 9.84 Å². The molecule has 1 saturated heterocycles. The Morgan fingerprint density at radius 3 is 2.73 bits per heavy atom. The van der Waals surface area contributed by atoms with Crippen molar-refractivity contribution in [1.29, 1.82) is 0 Å².